The lowest BCUT2D eigenvalue weighted by Crippen LogP contribution is -2.42. The van der Waals surface area contributed by atoms with E-state index in [1.807, 2.05) is 0 Å². The highest BCUT2D eigenvalue weighted by Gasteiger charge is 2.36. The zero-order chi connectivity index (χ0) is 16.5. The summed E-state index contributed by atoms with van der Waals surface area (Å²) >= 11 is 0. The Bertz CT molecular complexity index is 365. The fourth-order valence-electron chi connectivity index (χ4n) is 3.04. The van der Waals surface area contributed by atoms with E-state index in [-0.39, 0.29) is 0 Å². The van der Waals surface area contributed by atoms with E-state index in [0.717, 1.165) is 57.8 Å². The highest BCUT2D eigenvalue weighted by Crippen LogP contribution is 2.44. The predicted molar refractivity (Wildman–Crippen MR) is 94.9 cm³/mol. The summed E-state index contributed by atoms with van der Waals surface area (Å²) in [5.74, 6) is 1.84. The van der Waals surface area contributed by atoms with Gasteiger partial charge >= 0.3 is 0 Å². The first-order valence-electron chi connectivity index (χ1n) is 9.25. The van der Waals surface area contributed by atoms with E-state index in [0.29, 0.717) is 5.41 Å². The van der Waals surface area contributed by atoms with E-state index >= 15 is 0 Å². The van der Waals surface area contributed by atoms with Gasteiger partial charge < -0.3 is 19.7 Å². The lowest BCUT2D eigenvalue weighted by molar-refractivity contribution is 0.0775. The van der Waals surface area contributed by atoms with Crippen LogP contribution in [0.1, 0.15) is 45.4 Å². The number of likely N-dealkylation sites (N-methyl/N-ethyl adjacent to an activating group) is 1. The van der Waals surface area contributed by atoms with E-state index in [2.05, 4.69) is 24.2 Å². The Labute approximate surface area is 141 Å². The van der Waals surface area contributed by atoms with Crippen molar-refractivity contribution in [2.75, 3.05) is 53.6 Å². The van der Waals surface area contributed by atoms with E-state index in [1.54, 1.807) is 7.11 Å². The van der Waals surface area contributed by atoms with Crippen LogP contribution in [0, 0.1) is 11.3 Å². The molecule has 2 fully saturated rings. The van der Waals surface area contributed by atoms with Crippen molar-refractivity contribution >= 4 is 5.96 Å². The van der Waals surface area contributed by atoms with Gasteiger partial charge in [0.05, 0.1) is 6.61 Å². The number of rotatable bonds is 11. The lowest BCUT2D eigenvalue weighted by atomic mass is 9.67. The summed E-state index contributed by atoms with van der Waals surface area (Å²) in [6.07, 6.45) is 7.73. The van der Waals surface area contributed by atoms with Crippen LogP contribution in [-0.4, -0.2) is 64.5 Å². The third kappa shape index (κ3) is 6.30. The quantitative estimate of drug-likeness (QED) is 0.360. The van der Waals surface area contributed by atoms with Crippen molar-refractivity contribution in [3.8, 4) is 0 Å². The fourth-order valence-corrected chi connectivity index (χ4v) is 3.04. The molecule has 23 heavy (non-hydrogen) atoms. The summed E-state index contributed by atoms with van der Waals surface area (Å²) < 4.78 is 11.0. The minimum absolute atomic E-state index is 0.375. The van der Waals surface area contributed by atoms with Gasteiger partial charge in [-0.15, -0.1) is 0 Å². The van der Waals surface area contributed by atoms with Gasteiger partial charge in [-0.1, -0.05) is 6.42 Å². The first-order chi connectivity index (χ1) is 11.2. The Hall–Kier alpha value is -0.810. The summed E-state index contributed by atoms with van der Waals surface area (Å²) in [4.78, 5) is 7.10. The van der Waals surface area contributed by atoms with Crippen molar-refractivity contribution < 1.29 is 9.47 Å². The predicted octanol–water partition coefficient (Wildman–Crippen LogP) is 2.52. The molecule has 0 bridgehead atoms. The third-order valence-electron chi connectivity index (χ3n) is 5.13. The van der Waals surface area contributed by atoms with Crippen LogP contribution in [-0.2, 0) is 9.47 Å². The molecule has 0 aromatic carbocycles. The SMILES string of the molecule is CCNC(=NCC1(CCOC)CCC1)N(C)CCOCC1CC1. The maximum Gasteiger partial charge on any atom is 0.193 e. The molecule has 2 aliphatic rings. The van der Waals surface area contributed by atoms with Crippen LogP contribution >= 0.6 is 0 Å². The molecule has 1 N–H and O–H groups in total. The molecule has 0 saturated heterocycles. The molecule has 2 aliphatic carbocycles. The second-order valence-corrected chi connectivity index (χ2v) is 7.21. The molecule has 134 valence electrons. The van der Waals surface area contributed by atoms with Crippen molar-refractivity contribution in [1.82, 2.24) is 10.2 Å². The molecule has 0 atom stereocenters. The molecular formula is C18H35N3O2. The van der Waals surface area contributed by atoms with Crippen LogP contribution in [0.4, 0.5) is 0 Å². The molecule has 0 aliphatic heterocycles. The smallest absolute Gasteiger partial charge is 0.193 e. The number of nitrogens with zero attached hydrogens (tertiary/aromatic N) is 2. The van der Waals surface area contributed by atoms with Crippen LogP contribution in [0.25, 0.3) is 0 Å². The molecule has 2 saturated carbocycles. The van der Waals surface area contributed by atoms with Crippen molar-refractivity contribution in [2.45, 2.75) is 45.4 Å². The number of aliphatic imine (C=N–C) groups is 1. The Kier molecular flexibility index (Phi) is 7.63. The van der Waals surface area contributed by atoms with E-state index in [1.165, 1.54) is 32.1 Å². The summed E-state index contributed by atoms with van der Waals surface area (Å²) in [5.41, 5.74) is 0.375. The van der Waals surface area contributed by atoms with Gasteiger partial charge in [-0.25, -0.2) is 0 Å². The average molecular weight is 325 g/mol. The van der Waals surface area contributed by atoms with E-state index in [4.69, 9.17) is 14.5 Å². The van der Waals surface area contributed by atoms with E-state index in [9.17, 15) is 0 Å². The molecule has 0 spiro atoms. The van der Waals surface area contributed by atoms with Crippen LogP contribution in [0.2, 0.25) is 0 Å². The molecular weight excluding hydrogens is 290 g/mol. The topological polar surface area (TPSA) is 46.1 Å². The Morgan fingerprint density at radius 3 is 2.65 bits per heavy atom. The van der Waals surface area contributed by atoms with Crippen LogP contribution in [0.3, 0.4) is 0 Å². The highest BCUT2D eigenvalue weighted by atomic mass is 16.5. The number of guanidine groups is 1. The summed E-state index contributed by atoms with van der Waals surface area (Å²) in [6.45, 7) is 7.38. The maximum atomic E-state index is 5.75. The van der Waals surface area contributed by atoms with Gasteiger partial charge in [0.2, 0.25) is 0 Å². The molecule has 5 heteroatoms. The number of methoxy groups -OCH3 is 1. The van der Waals surface area contributed by atoms with Gasteiger partial charge in [0.15, 0.2) is 5.96 Å². The number of hydrogen-bond acceptors (Lipinski definition) is 3. The Morgan fingerprint density at radius 2 is 2.09 bits per heavy atom. The number of hydrogen-bond donors (Lipinski definition) is 1. The monoisotopic (exact) mass is 325 g/mol. The zero-order valence-corrected chi connectivity index (χ0v) is 15.3. The van der Waals surface area contributed by atoms with Crippen molar-refractivity contribution in [1.29, 1.82) is 0 Å². The minimum Gasteiger partial charge on any atom is -0.385 e. The molecule has 0 unspecified atom stereocenters. The largest absolute Gasteiger partial charge is 0.385 e. The third-order valence-corrected chi connectivity index (χ3v) is 5.13. The summed E-state index contributed by atoms with van der Waals surface area (Å²) in [7, 11) is 3.89. The first-order valence-corrected chi connectivity index (χ1v) is 9.25. The standard InChI is InChI=1S/C18H35N3O2/c1-4-19-17(21(2)11-13-23-14-16-6-7-16)20-15-18(8-5-9-18)10-12-22-3/h16H,4-15H2,1-3H3,(H,19,20). The maximum absolute atomic E-state index is 5.75. The second-order valence-electron chi connectivity index (χ2n) is 7.21. The zero-order valence-electron chi connectivity index (χ0n) is 15.3. The fraction of sp³-hybridized carbons (Fsp3) is 0.944. The molecule has 5 nitrogen and oxygen atoms in total. The van der Waals surface area contributed by atoms with Gasteiger partial charge in [-0.3, -0.25) is 4.99 Å². The van der Waals surface area contributed by atoms with Crippen molar-refractivity contribution in [3.05, 3.63) is 0 Å². The van der Waals surface area contributed by atoms with Gasteiger partial charge in [0, 0.05) is 47.0 Å². The summed E-state index contributed by atoms with van der Waals surface area (Å²) in [5, 5.41) is 3.41. The average Bonchev–Trinajstić information content (AvgIpc) is 3.33. The van der Waals surface area contributed by atoms with Gasteiger partial charge in [-0.2, -0.15) is 0 Å². The Balaban J connectivity index is 1.77. The van der Waals surface area contributed by atoms with Gasteiger partial charge in [0.25, 0.3) is 0 Å². The van der Waals surface area contributed by atoms with Crippen LogP contribution < -0.4 is 5.32 Å². The van der Waals surface area contributed by atoms with Crippen LogP contribution in [0.15, 0.2) is 4.99 Å². The lowest BCUT2D eigenvalue weighted by Gasteiger charge is -2.41. The van der Waals surface area contributed by atoms with Crippen LogP contribution in [0.5, 0.6) is 0 Å². The second kappa shape index (κ2) is 9.48. The molecule has 0 amide bonds. The molecule has 0 aromatic heterocycles. The first kappa shape index (κ1) is 18.5. The number of ether oxygens (including phenoxy) is 2. The molecule has 2 rings (SSSR count). The Morgan fingerprint density at radius 1 is 1.30 bits per heavy atom. The minimum atomic E-state index is 0.375. The highest BCUT2D eigenvalue weighted by molar-refractivity contribution is 5.79. The van der Waals surface area contributed by atoms with Gasteiger partial charge in [0.1, 0.15) is 0 Å². The normalized spacial score (nSPS) is 20.2. The van der Waals surface area contributed by atoms with Crippen molar-refractivity contribution in [2.24, 2.45) is 16.3 Å². The van der Waals surface area contributed by atoms with Gasteiger partial charge in [-0.05, 0) is 50.4 Å². The molecule has 0 heterocycles. The van der Waals surface area contributed by atoms with E-state index < -0.39 is 0 Å². The summed E-state index contributed by atoms with van der Waals surface area (Å²) in [6, 6.07) is 0. The number of nitrogens with one attached hydrogen (secondary N) is 1. The molecule has 0 radical (unpaired) electrons. The molecule has 0 aromatic rings. The van der Waals surface area contributed by atoms with Crippen molar-refractivity contribution in [3.63, 3.8) is 0 Å².